The Balaban J connectivity index is 2.17. The molecule has 0 saturated heterocycles. The molecule has 0 fully saturated rings. The molecule has 2 rings (SSSR count). The Hall–Kier alpha value is -1.86. The van der Waals surface area contributed by atoms with Gasteiger partial charge in [-0.25, -0.2) is 5.43 Å². The normalized spacial score (nSPS) is 10.7. The molecule has 0 bridgehead atoms. The second-order valence-electron chi connectivity index (χ2n) is 4.23. The number of ether oxygens (including phenoxy) is 1. The van der Waals surface area contributed by atoms with Crippen molar-refractivity contribution in [3.63, 3.8) is 0 Å². The van der Waals surface area contributed by atoms with Gasteiger partial charge >= 0.3 is 0 Å². The van der Waals surface area contributed by atoms with Gasteiger partial charge in [-0.05, 0) is 40.2 Å². The van der Waals surface area contributed by atoms with Gasteiger partial charge in [0.05, 0.1) is 23.4 Å². The van der Waals surface area contributed by atoms with Gasteiger partial charge in [-0.2, -0.15) is 5.10 Å². The summed E-state index contributed by atoms with van der Waals surface area (Å²) >= 11 is 6.76. The number of methoxy groups -OCH3 is 1. The van der Waals surface area contributed by atoms with Crippen LogP contribution in [0.3, 0.4) is 0 Å². The Labute approximate surface area is 144 Å². The fraction of sp³-hybridized carbons (Fsp3) is 0.0667. The third kappa shape index (κ3) is 3.86. The van der Waals surface area contributed by atoms with Crippen molar-refractivity contribution in [1.29, 1.82) is 0 Å². The maximum absolute atomic E-state index is 11.9. The van der Waals surface area contributed by atoms with Crippen molar-refractivity contribution in [3.8, 4) is 11.5 Å². The molecule has 22 heavy (non-hydrogen) atoms. The lowest BCUT2D eigenvalue weighted by atomic mass is 10.2. The third-order valence-electron chi connectivity index (χ3n) is 2.76. The zero-order valence-corrected chi connectivity index (χ0v) is 14.7. The summed E-state index contributed by atoms with van der Waals surface area (Å²) in [4.78, 5) is 11.9. The predicted molar refractivity (Wildman–Crippen MR) is 91.6 cm³/mol. The largest absolute Gasteiger partial charge is 0.507 e. The lowest BCUT2D eigenvalue weighted by Gasteiger charge is -2.08. The van der Waals surface area contributed by atoms with Crippen LogP contribution in [0.5, 0.6) is 11.5 Å². The lowest BCUT2D eigenvalue weighted by molar-refractivity contribution is 0.0952. The Bertz CT molecular complexity index is 733. The first kappa shape index (κ1) is 16.5. The van der Waals surface area contributed by atoms with Crippen molar-refractivity contribution in [3.05, 3.63) is 56.5 Å². The number of amides is 1. The van der Waals surface area contributed by atoms with Crippen molar-refractivity contribution in [2.75, 3.05) is 7.11 Å². The van der Waals surface area contributed by atoms with E-state index in [0.717, 1.165) is 8.95 Å². The van der Waals surface area contributed by atoms with Crippen LogP contribution in [0.1, 0.15) is 15.9 Å². The van der Waals surface area contributed by atoms with Gasteiger partial charge in [-0.1, -0.05) is 28.1 Å². The molecule has 0 radical (unpaired) electrons. The summed E-state index contributed by atoms with van der Waals surface area (Å²) in [5, 5.41) is 13.5. The molecule has 5 nitrogen and oxygen atoms in total. The molecule has 0 saturated carbocycles. The highest BCUT2D eigenvalue weighted by molar-refractivity contribution is 9.11. The van der Waals surface area contributed by atoms with E-state index < -0.39 is 5.91 Å². The second kappa shape index (κ2) is 7.42. The molecule has 0 aromatic heterocycles. The van der Waals surface area contributed by atoms with E-state index in [1.54, 1.807) is 25.3 Å². The highest BCUT2D eigenvalue weighted by atomic mass is 79.9. The molecule has 7 heteroatoms. The zero-order valence-electron chi connectivity index (χ0n) is 11.5. The Morgan fingerprint density at radius 2 is 2.05 bits per heavy atom. The number of aromatic hydroxyl groups is 1. The number of hydrogen-bond donors (Lipinski definition) is 2. The average molecular weight is 428 g/mol. The number of phenolic OH excluding ortho intramolecular Hbond substituents is 1. The van der Waals surface area contributed by atoms with Crippen molar-refractivity contribution in [2.45, 2.75) is 0 Å². The lowest BCUT2D eigenvalue weighted by Crippen LogP contribution is -2.17. The van der Waals surface area contributed by atoms with Crippen LogP contribution in [-0.4, -0.2) is 24.3 Å². The SMILES string of the molecule is COc1c(Br)cc(Br)cc1C=NNC(=O)c1ccccc1O. The van der Waals surface area contributed by atoms with Gasteiger partial charge < -0.3 is 9.84 Å². The molecule has 1 amide bonds. The van der Waals surface area contributed by atoms with Crippen molar-refractivity contribution in [1.82, 2.24) is 5.43 Å². The first-order chi connectivity index (χ1) is 10.5. The molecule has 0 aliphatic carbocycles. The average Bonchev–Trinajstić information content (AvgIpc) is 2.47. The minimum absolute atomic E-state index is 0.0991. The first-order valence-corrected chi connectivity index (χ1v) is 7.76. The predicted octanol–water partition coefficient (Wildman–Crippen LogP) is 3.69. The number of para-hydroxylation sites is 1. The van der Waals surface area contributed by atoms with E-state index in [9.17, 15) is 9.90 Å². The molecule has 2 aromatic rings. The van der Waals surface area contributed by atoms with Crippen molar-refractivity contribution < 1.29 is 14.6 Å². The number of benzene rings is 2. The van der Waals surface area contributed by atoms with Crippen molar-refractivity contribution >= 4 is 44.0 Å². The quantitative estimate of drug-likeness (QED) is 0.577. The van der Waals surface area contributed by atoms with Gasteiger partial charge in [0.1, 0.15) is 11.5 Å². The van der Waals surface area contributed by atoms with Crippen LogP contribution in [-0.2, 0) is 0 Å². The van der Waals surface area contributed by atoms with Crippen LogP contribution in [0.2, 0.25) is 0 Å². The van der Waals surface area contributed by atoms with E-state index in [4.69, 9.17) is 4.74 Å². The van der Waals surface area contributed by atoms with E-state index in [1.807, 2.05) is 6.07 Å². The molecular weight excluding hydrogens is 416 g/mol. The van der Waals surface area contributed by atoms with Gasteiger partial charge in [0.15, 0.2) is 0 Å². The van der Waals surface area contributed by atoms with Crippen LogP contribution in [0.25, 0.3) is 0 Å². The third-order valence-corrected chi connectivity index (χ3v) is 3.81. The number of phenols is 1. The maximum atomic E-state index is 11.9. The summed E-state index contributed by atoms with van der Waals surface area (Å²) in [6, 6.07) is 9.89. The first-order valence-electron chi connectivity index (χ1n) is 6.17. The standard InChI is InChI=1S/C15H12Br2N2O3/c1-22-14-9(6-10(16)7-12(14)17)8-18-19-15(21)11-4-2-3-5-13(11)20/h2-8,20H,1H3,(H,19,21). The fourth-order valence-corrected chi connectivity index (χ4v) is 3.20. The van der Waals surface area contributed by atoms with Crippen LogP contribution in [0.15, 0.2) is 50.4 Å². The number of halogens is 2. The number of nitrogens with zero attached hydrogens (tertiary/aromatic N) is 1. The van der Waals surface area contributed by atoms with Crippen molar-refractivity contribution in [2.24, 2.45) is 5.10 Å². The highest BCUT2D eigenvalue weighted by Gasteiger charge is 2.10. The number of carbonyl (C=O) groups excluding carboxylic acids is 1. The molecule has 114 valence electrons. The number of carbonyl (C=O) groups is 1. The minimum atomic E-state index is -0.498. The van der Waals surface area contributed by atoms with Gasteiger partial charge in [0.2, 0.25) is 0 Å². The molecule has 0 heterocycles. The Kier molecular flexibility index (Phi) is 5.57. The molecule has 0 atom stereocenters. The molecular formula is C15H12Br2N2O3. The number of hydrogen-bond acceptors (Lipinski definition) is 4. The number of hydrazone groups is 1. The van der Waals surface area contributed by atoms with E-state index in [-0.39, 0.29) is 11.3 Å². The van der Waals surface area contributed by atoms with E-state index in [2.05, 4.69) is 42.4 Å². The minimum Gasteiger partial charge on any atom is -0.507 e. The fourth-order valence-electron chi connectivity index (χ4n) is 1.78. The Morgan fingerprint density at radius 3 is 2.73 bits per heavy atom. The monoisotopic (exact) mass is 426 g/mol. The summed E-state index contributed by atoms with van der Waals surface area (Å²) in [6.07, 6.45) is 1.46. The van der Waals surface area contributed by atoms with Gasteiger partial charge in [0, 0.05) is 10.0 Å². The van der Waals surface area contributed by atoms with Crippen LogP contribution >= 0.6 is 31.9 Å². The number of rotatable bonds is 4. The molecule has 2 aromatic carbocycles. The topological polar surface area (TPSA) is 70.9 Å². The smallest absolute Gasteiger partial charge is 0.275 e. The molecule has 2 N–H and O–H groups in total. The molecule has 0 unspecified atom stereocenters. The van der Waals surface area contributed by atoms with Gasteiger partial charge in [-0.3, -0.25) is 4.79 Å². The van der Waals surface area contributed by atoms with Crippen LogP contribution < -0.4 is 10.2 Å². The summed E-state index contributed by atoms with van der Waals surface area (Å²) in [6.45, 7) is 0. The van der Waals surface area contributed by atoms with E-state index >= 15 is 0 Å². The summed E-state index contributed by atoms with van der Waals surface area (Å²) in [5.41, 5.74) is 3.20. The zero-order chi connectivity index (χ0) is 16.1. The molecule has 0 aliphatic rings. The second-order valence-corrected chi connectivity index (χ2v) is 6.00. The maximum Gasteiger partial charge on any atom is 0.275 e. The van der Waals surface area contributed by atoms with Gasteiger partial charge in [-0.15, -0.1) is 0 Å². The highest BCUT2D eigenvalue weighted by Crippen LogP contribution is 2.31. The molecule has 0 spiro atoms. The van der Waals surface area contributed by atoms with E-state index in [0.29, 0.717) is 11.3 Å². The summed E-state index contributed by atoms with van der Waals surface area (Å²) in [7, 11) is 1.55. The summed E-state index contributed by atoms with van der Waals surface area (Å²) < 4.78 is 6.88. The van der Waals surface area contributed by atoms with Gasteiger partial charge in [0.25, 0.3) is 5.91 Å². The molecule has 0 aliphatic heterocycles. The van der Waals surface area contributed by atoms with Crippen LogP contribution in [0, 0.1) is 0 Å². The summed E-state index contributed by atoms with van der Waals surface area (Å²) in [5.74, 6) is 0.00381. The van der Waals surface area contributed by atoms with E-state index in [1.165, 1.54) is 18.3 Å². The Morgan fingerprint density at radius 1 is 1.32 bits per heavy atom. The number of nitrogens with one attached hydrogen (secondary N) is 1. The van der Waals surface area contributed by atoms with Crippen LogP contribution in [0.4, 0.5) is 0 Å².